The molecule has 0 N–H and O–H groups in total. The summed E-state index contributed by atoms with van der Waals surface area (Å²) < 4.78 is 9.82. The zero-order chi connectivity index (χ0) is 9.52. The van der Waals surface area contributed by atoms with Crippen LogP contribution in [0.1, 0.15) is 13.8 Å². The molecular weight excluding hydrogens is 168 g/mol. The van der Waals surface area contributed by atoms with E-state index < -0.39 is 0 Å². The van der Waals surface area contributed by atoms with Gasteiger partial charge in [0.15, 0.2) is 12.3 Å². The molecule has 0 aromatic heterocycles. The van der Waals surface area contributed by atoms with Gasteiger partial charge in [-0.15, -0.1) is 0 Å². The summed E-state index contributed by atoms with van der Waals surface area (Å²) in [7, 11) is 0. The molecule has 0 bridgehead atoms. The van der Waals surface area contributed by atoms with Crippen molar-refractivity contribution in [3.63, 3.8) is 0 Å². The minimum atomic E-state index is 0.470. The van der Waals surface area contributed by atoms with Crippen molar-refractivity contribution in [2.45, 2.75) is 13.8 Å². The Morgan fingerprint density at radius 3 is 2.38 bits per heavy atom. The lowest BCUT2D eigenvalue weighted by molar-refractivity contribution is 0.328. The fourth-order valence-electron chi connectivity index (χ4n) is 0.964. The summed E-state index contributed by atoms with van der Waals surface area (Å²) in [6.45, 7) is 7.44. The molecule has 4 nitrogen and oxygen atoms in total. The minimum Gasteiger partial charge on any atom is -0.482 e. The summed E-state index contributed by atoms with van der Waals surface area (Å²) in [5.41, 5.74) is 0. The van der Waals surface area contributed by atoms with Crippen LogP contribution in [-0.4, -0.2) is 38.6 Å². The van der Waals surface area contributed by atoms with Crippen LogP contribution < -0.4 is 0 Å². The van der Waals surface area contributed by atoms with Crippen molar-refractivity contribution in [1.82, 2.24) is 0 Å². The molecule has 0 saturated heterocycles. The lowest BCUT2D eigenvalue weighted by atomic mass is 10.2. The molecule has 4 heteroatoms. The SMILES string of the molecule is C1=NCCO1.CC(C)C1=NCCO1. The molecule has 0 amide bonds. The highest BCUT2D eigenvalue weighted by Gasteiger charge is 2.09. The molecule has 0 aliphatic carbocycles. The molecule has 0 spiro atoms. The molecule has 0 aromatic rings. The molecule has 0 fully saturated rings. The van der Waals surface area contributed by atoms with E-state index in [-0.39, 0.29) is 0 Å². The van der Waals surface area contributed by atoms with E-state index in [9.17, 15) is 0 Å². The lowest BCUT2D eigenvalue weighted by Gasteiger charge is -2.01. The fraction of sp³-hybridized carbons (Fsp3) is 0.778. The Labute approximate surface area is 78.7 Å². The second kappa shape index (κ2) is 5.56. The zero-order valence-electron chi connectivity index (χ0n) is 8.19. The van der Waals surface area contributed by atoms with E-state index in [0.29, 0.717) is 5.92 Å². The second-order valence-electron chi connectivity index (χ2n) is 3.11. The van der Waals surface area contributed by atoms with Gasteiger partial charge in [0.05, 0.1) is 13.1 Å². The third-order valence-corrected chi connectivity index (χ3v) is 1.59. The number of aliphatic imine (C=N–C) groups is 2. The van der Waals surface area contributed by atoms with Crippen LogP contribution in [0, 0.1) is 5.92 Å². The van der Waals surface area contributed by atoms with E-state index in [0.717, 1.165) is 32.2 Å². The smallest absolute Gasteiger partial charge is 0.186 e. The largest absolute Gasteiger partial charge is 0.482 e. The zero-order valence-corrected chi connectivity index (χ0v) is 8.19. The van der Waals surface area contributed by atoms with Crippen molar-refractivity contribution in [2.75, 3.05) is 26.3 Å². The number of nitrogens with zero attached hydrogens (tertiary/aromatic N) is 2. The predicted octanol–water partition coefficient (Wildman–Crippen LogP) is 1.12. The minimum absolute atomic E-state index is 0.470. The van der Waals surface area contributed by atoms with Gasteiger partial charge in [-0.25, -0.2) is 0 Å². The number of ether oxygens (including phenoxy) is 2. The molecule has 13 heavy (non-hydrogen) atoms. The van der Waals surface area contributed by atoms with Gasteiger partial charge in [-0.3, -0.25) is 9.98 Å². The van der Waals surface area contributed by atoms with Crippen molar-refractivity contribution in [3.8, 4) is 0 Å². The van der Waals surface area contributed by atoms with Crippen LogP contribution >= 0.6 is 0 Å². The molecule has 0 radical (unpaired) electrons. The first-order valence-electron chi connectivity index (χ1n) is 4.57. The van der Waals surface area contributed by atoms with Gasteiger partial charge in [-0.1, -0.05) is 13.8 Å². The normalized spacial score (nSPS) is 18.8. The Bertz CT molecular complexity index is 194. The lowest BCUT2D eigenvalue weighted by Crippen LogP contribution is -2.06. The van der Waals surface area contributed by atoms with E-state index in [4.69, 9.17) is 4.74 Å². The van der Waals surface area contributed by atoms with Crippen LogP contribution in [0.5, 0.6) is 0 Å². The molecule has 0 unspecified atom stereocenters. The highest BCUT2D eigenvalue weighted by molar-refractivity contribution is 5.79. The van der Waals surface area contributed by atoms with E-state index in [1.54, 1.807) is 0 Å². The maximum atomic E-state index is 5.16. The third kappa shape index (κ3) is 3.92. The maximum Gasteiger partial charge on any atom is 0.186 e. The van der Waals surface area contributed by atoms with Crippen molar-refractivity contribution in [2.24, 2.45) is 15.9 Å². The molecule has 74 valence electrons. The Hall–Kier alpha value is -1.06. The first kappa shape index (κ1) is 10.0. The molecule has 2 aliphatic heterocycles. The van der Waals surface area contributed by atoms with E-state index >= 15 is 0 Å². The number of rotatable bonds is 1. The quantitative estimate of drug-likeness (QED) is 0.612. The van der Waals surface area contributed by atoms with Gasteiger partial charge in [-0.05, 0) is 0 Å². The second-order valence-corrected chi connectivity index (χ2v) is 3.11. The Balaban J connectivity index is 0.000000145. The molecule has 2 aliphatic rings. The van der Waals surface area contributed by atoms with Crippen LogP contribution in [0.25, 0.3) is 0 Å². The van der Waals surface area contributed by atoms with Gasteiger partial charge in [0, 0.05) is 5.92 Å². The van der Waals surface area contributed by atoms with Gasteiger partial charge in [-0.2, -0.15) is 0 Å². The summed E-state index contributed by atoms with van der Waals surface area (Å²) >= 11 is 0. The Kier molecular flexibility index (Phi) is 4.29. The first-order chi connectivity index (χ1) is 6.30. The Morgan fingerprint density at radius 2 is 2.15 bits per heavy atom. The van der Waals surface area contributed by atoms with Crippen LogP contribution in [0.2, 0.25) is 0 Å². The average Bonchev–Trinajstić information content (AvgIpc) is 2.82. The van der Waals surface area contributed by atoms with E-state index in [2.05, 4.69) is 28.6 Å². The van der Waals surface area contributed by atoms with Crippen LogP contribution in [-0.2, 0) is 9.47 Å². The number of hydrogen-bond acceptors (Lipinski definition) is 4. The summed E-state index contributed by atoms with van der Waals surface area (Å²) in [6, 6.07) is 0. The average molecular weight is 184 g/mol. The van der Waals surface area contributed by atoms with E-state index in [1.165, 1.54) is 6.40 Å². The molecule has 0 atom stereocenters. The van der Waals surface area contributed by atoms with Gasteiger partial charge < -0.3 is 9.47 Å². The van der Waals surface area contributed by atoms with Crippen LogP contribution in [0.4, 0.5) is 0 Å². The summed E-state index contributed by atoms with van der Waals surface area (Å²) in [6.07, 6.45) is 1.49. The topological polar surface area (TPSA) is 43.2 Å². The summed E-state index contributed by atoms with van der Waals surface area (Å²) in [4.78, 5) is 7.87. The van der Waals surface area contributed by atoms with Crippen molar-refractivity contribution < 1.29 is 9.47 Å². The Morgan fingerprint density at radius 1 is 1.31 bits per heavy atom. The third-order valence-electron chi connectivity index (χ3n) is 1.59. The predicted molar refractivity (Wildman–Crippen MR) is 52.4 cm³/mol. The van der Waals surface area contributed by atoms with Crippen molar-refractivity contribution in [3.05, 3.63) is 0 Å². The van der Waals surface area contributed by atoms with Crippen molar-refractivity contribution >= 4 is 12.3 Å². The maximum absolute atomic E-state index is 5.16. The molecular formula is C9H16N2O2. The fourth-order valence-corrected chi connectivity index (χ4v) is 0.964. The van der Waals surface area contributed by atoms with Gasteiger partial charge >= 0.3 is 0 Å². The summed E-state index contributed by atoms with van der Waals surface area (Å²) in [5, 5.41) is 0. The van der Waals surface area contributed by atoms with Crippen LogP contribution in [0.3, 0.4) is 0 Å². The van der Waals surface area contributed by atoms with Gasteiger partial charge in [0.1, 0.15) is 13.2 Å². The molecule has 0 saturated carbocycles. The number of hydrogen-bond donors (Lipinski definition) is 0. The van der Waals surface area contributed by atoms with Gasteiger partial charge in [0.25, 0.3) is 0 Å². The van der Waals surface area contributed by atoms with E-state index in [1.807, 2.05) is 0 Å². The molecule has 0 aromatic carbocycles. The standard InChI is InChI=1S/C6H11NO.C3H5NO/c1-5(2)6-7-3-4-8-6;1-2-5-3-4-1/h5H,3-4H2,1-2H3;3H,1-2H2. The summed E-state index contributed by atoms with van der Waals surface area (Å²) in [5.74, 6) is 1.39. The van der Waals surface area contributed by atoms with Gasteiger partial charge in [0.2, 0.25) is 0 Å². The monoisotopic (exact) mass is 184 g/mol. The molecule has 2 heterocycles. The highest BCUT2D eigenvalue weighted by Crippen LogP contribution is 2.03. The van der Waals surface area contributed by atoms with Crippen LogP contribution in [0.15, 0.2) is 9.98 Å². The van der Waals surface area contributed by atoms with Crippen molar-refractivity contribution in [1.29, 1.82) is 0 Å². The molecule has 2 rings (SSSR count). The highest BCUT2D eigenvalue weighted by atomic mass is 16.5. The first-order valence-corrected chi connectivity index (χ1v) is 4.57.